The van der Waals surface area contributed by atoms with E-state index in [0.717, 1.165) is 12.1 Å². The third kappa shape index (κ3) is 4.28. The number of carbonyl (C=O) groups is 1. The lowest BCUT2D eigenvalue weighted by molar-refractivity contribution is 0.0915. The average Bonchev–Trinajstić information content (AvgIpc) is 3.08. The van der Waals surface area contributed by atoms with Crippen LogP contribution in [0, 0.1) is 17.5 Å². The van der Waals surface area contributed by atoms with Crippen molar-refractivity contribution < 1.29 is 18.0 Å². The number of nitrogens with zero attached hydrogens (tertiary/aromatic N) is 3. The molecule has 0 aliphatic carbocycles. The fourth-order valence-corrected chi connectivity index (χ4v) is 4.13. The first-order valence-corrected chi connectivity index (χ1v) is 10.0. The third-order valence-electron chi connectivity index (χ3n) is 5.39. The summed E-state index contributed by atoms with van der Waals surface area (Å²) in [7, 11) is 1.66. The molecule has 2 atom stereocenters. The molecule has 1 aliphatic rings. The van der Waals surface area contributed by atoms with Crippen LogP contribution in [-0.2, 0) is 7.05 Å². The van der Waals surface area contributed by atoms with Crippen LogP contribution in [0.2, 0.25) is 5.02 Å². The van der Waals surface area contributed by atoms with Crippen LogP contribution in [0.15, 0.2) is 36.7 Å². The van der Waals surface area contributed by atoms with E-state index >= 15 is 0 Å². The van der Waals surface area contributed by atoms with E-state index in [9.17, 15) is 18.0 Å². The van der Waals surface area contributed by atoms with Crippen molar-refractivity contribution in [3.8, 4) is 11.3 Å². The van der Waals surface area contributed by atoms with Gasteiger partial charge in [-0.1, -0.05) is 17.7 Å². The van der Waals surface area contributed by atoms with Gasteiger partial charge in [-0.3, -0.25) is 9.48 Å². The first-order chi connectivity index (χ1) is 14.8. The molecule has 3 heterocycles. The number of amides is 1. The molecule has 0 radical (unpaired) electrons. The second-order valence-electron chi connectivity index (χ2n) is 7.37. The molecular formula is C21H19ClF3N5O. The predicted molar refractivity (Wildman–Crippen MR) is 109 cm³/mol. The van der Waals surface area contributed by atoms with Crippen LogP contribution in [0.25, 0.3) is 11.3 Å². The number of aromatic nitrogens is 3. The molecule has 4 rings (SSSR count). The number of halogens is 4. The van der Waals surface area contributed by atoms with Crippen molar-refractivity contribution in [1.29, 1.82) is 0 Å². The number of rotatable bonds is 4. The Kier molecular flexibility index (Phi) is 5.97. The Balaban J connectivity index is 1.55. The van der Waals surface area contributed by atoms with E-state index in [1.807, 2.05) is 0 Å². The zero-order valence-electron chi connectivity index (χ0n) is 16.5. The highest BCUT2D eigenvalue weighted by Gasteiger charge is 2.30. The topological polar surface area (TPSA) is 71.8 Å². The summed E-state index contributed by atoms with van der Waals surface area (Å²) in [6, 6.07) is 4.43. The van der Waals surface area contributed by atoms with Crippen molar-refractivity contribution in [2.75, 3.05) is 13.1 Å². The van der Waals surface area contributed by atoms with Crippen LogP contribution in [0.1, 0.15) is 28.4 Å². The normalized spacial score (nSPS) is 18.7. The lowest BCUT2D eigenvalue weighted by Gasteiger charge is -2.33. The highest BCUT2D eigenvalue weighted by atomic mass is 35.5. The Hall–Kier alpha value is -2.91. The van der Waals surface area contributed by atoms with Crippen molar-refractivity contribution in [3.05, 3.63) is 70.4 Å². The van der Waals surface area contributed by atoms with Gasteiger partial charge < -0.3 is 10.6 Å². The quantitative estimate of drug-likeness (QED) is 0.640. The highest BCUT2D eigenvalue weighted by Crippen LogP contribution is 2.29. The Morgan fingerprint density at radius 2 is 2.00 bits per heavy atom. The Morgan fingerprint density at radius 3 is 2.68 bits per heavy atom. The Bertz CT molecular complexity index is 1120. The molecule has 2 N–H and O–H groups in total. The van der Waals surface area contributed by atoms with Gasteiger partial charge in [0.1, 0.15) is 0 Å². The standard InChI is InChI=1S/C21H19ClF3N5O/c1-30-20(14(22)9-28-30)12-7-17(25)19(27-8-12)21(31)29-18-10-26-5-4-13(18)11-2-3-15(23)16(24)6-11/h2-3,6-9,13,18,26H,4-5,10H2,1H3,(H,29,31)/t13-,18+/m0/s1. The van der Waals surface area contributed by atoms with Crippen LogP contribution >= 0.6 is 11.6 Å². The molecule has 0 unspecified atom stereocenters. The molecule has 6 nitrogen and oxygen atoms in total. The molecule has 3 aromatic rings. The zero-order valence-corrected chi connectivity index (χ0v) is 17.3. The number of piperidine rings is 1. The van der Waals surface area contributed by atoms with Crippen molar-refractivity contribution in [2.45, 2.75) is 18.4 Å². The first kappa shape index (κ1) is 21.3. The molecule has 162 valence electrons. The molecule has 0 saturated carbocycles. The number of nitrogens with one attached hydrogen (secondary N) is 2. The molecule has 10 heteroatoms. The van der Waals surface area contributed by atoms with E-state index < -0.39 is 29.4 Å². The van der Waals surface area contributed by atoms with Gasteiger partial charge in [-0.15, -0.1) is 0 Å². The molecule has 1 aliphatic heterocycles. The second kappa shape index (κ2) is 8.68. The van der Waals surface area contributed by atoms with E-state index in [-0.39, 0.29) is 11.6 Å². The highest BCUT2D eigenvalue weighted by molar-refractivity contribution is 6.33. The lowest BCUT2D eigenvalue weighted by Crippen LogP contribution is -2.50. The molecule has 1 fully saturated rings. The van der Waals surface area contributed by atoms with Crippen LogP contribution in [0.3, 0.4) is 0 Å². The molecular weight excluding hydrogens is 431 g/mol. The van der Waals surface area contributed by atoms with Crippen LogP contribution < -0.4 is 10.6 Å². The van der Waals surface area contributed by atoms with Crippen molar-refractivity contribution in [1.82, 2.24) is 25.4 Å². The Labute approximate surface area is 181 Å². The van der Waals surface area contributed by atoms with Gasteiger partial charge in [0.15, 0.2) is 23.1 Å². The average molecular weight is 450 g/mol. The molecule has 1 aromatic carbocycles. The van der Waals surface area contributed by atoms with Gasteiger partial charge in [0.05, 0.1) is 16.9 Å². The summed E-state index contributed by atoms with van der Waals surface area (Å²) >= 11 is 6.09. The molecule has 31 heavy (non-hydrogen) atoms. The smallest absolute Gasteiger partial charge is 0.273 e. The minimum atomic E-state index is -0.946. The van der Waals surface area contributed by atoms with E-state index in [4.69, 9.17) is 11.6 Å². The maximum Gasteiger partial charge on any atom is 0.273 e. The van der Waals surface area contributed by atoms with Crippen LogP contribution in [0.5, 0.6) is 0 Å². The van der Waals surface area contributed by atoms with Crippen molar-refractivity contribution >= 4 is 17.5 Å². The fraction of sp³-hybridized carbons (Fsp3) is 0.286. The summed E-state index contributed by atoms with van der Waals surface area (Å²) in [6.45, 7) is 1.06. The van der Waals surface area contributed by atoms with Crippen molar-refractivity contribution in [3.63, 3.8) is 0 Å². The summed E-state index contributed by atoms with van der Waals surface area (Å²) in [6.07, 6.45) is 3.39. The Morgan fingerprint density at radius 1 is 1.19 bits per heavy atom. The van der Waals surface area contributed by atoms with Gasteiger partial charge in [-0.25, -0.2) is 18.2 Å². The first-order valence-electron chi connectivity index (χ1n) is 9.65. The maximum atomic E-state index is 14.7. The van der Waals surface area contributed by atoms with Gasteiger partial charge in [0.2, 0.25) is 0 Å². The summed E-state index contributed by atoms with van der Waals surface area (Å²) in [5.74, 6) is -3.63. The number of benzene rings is 1. The van der Waals surface area contributed by atoms with Gasteiger partial charge in [-0.2, -0.15) is 5.10 Å². The number of carbonyl (C=O) groups excluding carboxylic acids is 1. The molecule has 1 saturated heterocycles. The number of pyridine rings is 1. The monoisotopic (exact) mass is 449 g/mol. The molecule has 1 amide bonds. The SMILES string of the molecule is Cn1ncc(Cl)c1-c1cnc(C(=O)N[C@@H]2CNCC[C@H]2c2ccc(F)c(F)c2)c(F)c1. The summed E-state index contributed by atoms with van der Waals surface area (Å²) in [4.78, 5) is 16.7. The summed E-state index contributed by atoms with van der Waals surface area (Å²) < 4.78 is 43.2. The molecule has 0 bridgehead atoms. The van der Waals surface area contributed by atoms with Gasteiger partial charge in [0, 0.05) is 37.3 Å². The molecule has 0 spiro atoms. The summed E-state index contributed by atoms with van der Waals surface area (Å²) in [5.41, 5.74) is 1.07. The van der Waals surface area contributed by atoms with Gasteiger partial charge in [-0.05, 0) is 36.7 Å². The van der Waals surface area contributed by atoms with Crippen LogP contribution in [-0.4, -0.2) is 39.8 Å². The van der Waals surface area contributed by atoms with Gasteiger partial charge in [0.25, 0.3) is 5.91 Å². The van der Waals surface area contributed by atoms with Crippen LogP contribution in [0.4, 0.5) is 13.2 Å². The summed E-state index contributed by atoms with van der Waals surface area (Å²) in [5, 5.41) is 10.3. The van der Waals surface area contributed by atoms with E-state index in [1.165, 1.54) is 29.2 Å². The fourth-order valence-electron chi connectivity index (χ4n) is 3.86. The van der Waals surface area contributed by atoms with E-state index in [2.05, 4.69) is 20.7 Å². The number of hydrogen-bond donors (Lipinski definition) is 2. The lowest BCUT2D eigenvalue weighted by atomic mass is 9.86. The minimum Gasteiger partial charge on any atom is -0.346 e. The predicted octanol–water partition coefficient (Wildman–Crippen LogP) is 3.43. The molecule has 2 aromatic heterocycles. The maximum absolute atomic E-state index is 14.7. The second-order valence-corrected chi connectivity index (χ2v) is 7.78. The minimum absolute atomic E-state index is 0.254. The van der Waals surface area contributed by atoms with E-state index in [1.54, 1.807) is 7.05 Å². The number of hydrogen-bond acceptors (Lipinski definition) is 4. The largest absolute Gasteiger partial charge is 0.346 e. The van der Waals surface area contributed by atoms with Crippen molar-refractivity contribution in [2.24, 2.45) is 7.05 Å². The third-order valence-corrected chi connectivity index (χ3v) is 5.67. The van der Waals surface area contributed by atoms with Gasteiger partial charge >= 0.3 is 0 Å². The number of aryl methyl sites for hydroxylation is 1. The van der Waals surface area contributed by atoms with E-state index in [0.29, 0.717) is 41.4 Å². The zero-order chi connectivity index (χ0) is 22.1.